The number of carboxylic acids is 1. The van der Waals surface area contributed by atoms with Crippen LogP contribution in [-0.2, 0) is 6.54 Å². The summed E-state index contributed by atoms with van der Waals surface area (Å²) in [6, 6.07) is 5.05. The zero-order valence-corrected chi connectivity index (χ0v) is 8.99. The van der Waals surface area contributed by atoms with Crippen molar-refractivity contribution in [3.8, 4) is 0 Å². The van der Waals surface area contributed by atoms with Crippen molar-refractivity contribution in [3.63, 3.8) is 0 Å². The van der Waals surface area contributed by atoms with Crippen molar-refractivity contribution in [3.05, 3.63) is 35.6 Å². The molecule has 2 aromatic rings. The molecule has 0 amide bonds. The fourth-order valence-electron chi connectivity index (χ4n) is 1.72. The minimum absolute atomic E-state index is 0.291. The standard InChI is InChI=1S/C12H13NO3/c1-2-13-6-8-7-16-10-5-3-4-9(11(8)10)12(14)15/h3-5,7,13H,2,6H2,1H3,(H,14,15). The molecule has 0 aliphatic carbocycles. The summed E-state index contributed by atoms with van der Waals surface area (Å²) in [6.07, 6.45) is 1.61. The zero-order valence-electron chi connectivity index (χ0n) is 8.99. The van der Waals surface area contributed by atoms with Crippen molar-refractivity contribution in [1.29, 1.82) is 0 Å². The summed E-state index contributed by atoms with van der Waals surface area (Å²) in [5, 5.41) is 12.9. The van der Waals surface area contributed by atoms with Crippen LogP contribution in [0.1, 0.15) is 22.8 Å². The van der Waals surface area contributed by atoms with Crippen molar-refractivity contribution in [2.24, 2.45) is 0 Å². The van der Waals surface area contributed by atoms with Crippen LogP contribution < -0.4 is 5.32 Å². The first-order valence-corrected chi connectivity index (χ1v) is 5.17. The lowest BCUT2D eigenvalue weighted by atomic mass is 10.1. The summed E-state index contributed by atoms with van der Waals surface area (Å²) in [7, 11) is 0. The first-order valence-electron chi connectivity index (χ1n) is 5.17. The van der Waals surface area contributed by atoms with Gasteiger partial charge in [0.05, 0.1) is 11.8 Å². The Morgan fingerprint density at radius 3 is 3.00 bits per heavy atom. The van der Waals surface area contributed by atoms with Crippen LogP contribution in [0.4, 0.5) is 0 Å². The molecule has 1 heterocycles. The van der Waals surface area contributed by atoms with Crippen LogP contribution >= 0.6 is 0 Å². The second kappa shape index (κ2) is 4.37. The Morgan fingerprint density at radius 2 is 2.31 bits per heavy atom. The van der Waals surface area contributed by atoms with E-state index in [1.165, 1.54) is 0 Å². The zero-order chi connectivity index (χ0) is 11.5. The number of aromatic carboxylic acids is 1. The highest BCUT2D eigenvalue weighted by Gasteiger charge is 2.14. The van der Waals surface area contributed by atoms with E-state index in [1.807, 2.05) is 6.92 Å². The third-order valence-corrected chi connectivity index (χ3v) is 2.47. The molecule has 0 radical (unpaired) electrons. The molecule has 0 spiro atoms. The Bertz CT molecular complexity index is 516. The largest absolute Gasteiger partial charge is 0.478 e. The molecular formula is C12H13NO3. The van der Waals surface area contributed by atoms with Gasteiger partial charge in [0.2, 0.25) is 0 Å². The average molecular weight is 219 g/mol. The summed E-state index contributed by atoms with van der Waals surface area (Å²) >= 11 is 0. The molecule has 0 unspecified atom stereocenters. The molecule has 2 N–H and O–H groups in total. The van der Waals surface area contributed by atoms with Gasteiger partial charge in [-0.2, -0.15) is 0 Å². The number of carboxylic acid groups (broad SMARTS) is 1. The number of benzene rings is 1. The van der Waals surface area contributed by atoms with Crippen molar-refractivity contribution < 1.29 is 14.3 Å². The molecule has 84 valence electrons. The lowest BCUT2D eigenvalue weighted by molar-refractivity contribution is 0.0699. The van der Waals surface area contributed by atoms with Gasteiger partial charge in [-0.05, 0) is 18.7 Å². The van der Waals surface area contributed by atoms with E-state index < -0.39 is 5.97 Å². The highest BCUT2D eigenvalue weighted by atomic mass is 16.4. The van der Waals surface area contributed by atoms with E-state index in [-0.39, 0.29) is 0 Å². The maximum absolute atomic E-state index is 11.1. The average Bonchev–Trinajstić information content (AvgIpc) is 2.69. The van der Waals surface area contributed by atoms with Crippen LogP contribution in [-0.4, -0.2) is 17.6 Å². The van der Waals surface area contributed by atoms with E-state index in [9.17, 15) is 4.79 Å². The highest BCUT2D eigenvalue weighted by Crippen LogP contribution is 2.25. The number of hydrogen-bond donors (Lipinski definition) is 2. The molecule has 0 saturated heterocycles. The van der Waals surface area contributed by atoms with Gasteiger partial charge in [0, 0.05) is 17.5 Å². The van der Waals surface area contributed by atoms with Crippen LogP contribution in [0, 0.1) is 0 Å². The molecule has 4 nitrogen and oxygen atoms in total. The van der Waals surface area contributed by atoms with Gasteiger partial charge in [-0.3, -0.25) is 0 Å². The number of nitrogens with one attached hydrogen (secondary N) is 1. The molecule has 1 aromatic carbocycles. The molecule has 0 aliphatic heterocycles. The molecule has 0 fully saturated rings. The lowest BCUT2D eigenvalue weighted by Gasteiger charge is -2.01. The second-order valence-electron chi connectivity index (χ2n) is 3.53. The summed E-state index contributed by atoms with van der Waals surface area (Å²) in [5.74, 6) is -0.926. The minimum Gasteiger partial charge on any atom is -0.478 e. The third kappa shape index (κ3) is 1.79. The van der Waals surface area contributed by atoms with Gasteiger partial charge >= 0.3 is 5.97 Å². The lowest BCUT2D eigenvalue weighted by Crippen LogP contribution is -2.11. The van der Waals surface area contributed by atoms with Crippen molar-refractivity contribution in [1.82, 2.24) is 5.32 Å². The van der Waals surface area contributed by atoms with Gasteiger partial charge in [-0.1, -0.05) is 13.0 Å². The predicted molar refractivity (Wildman–Crippen MR) is 60.6 cm³/mol. The van der Waals surface area contributed by atoms with E-state index in [1.54, 1.807) is 24.5 Å². The molecule has 0 aliphatic rings. The molecule has 0 bridgehead atoms. The van der Waals surface area contributed by atoms with Gasteiger partial charge in [0.25, 0.3) is 0 Å². The Labute approximate surface area is 92.9 Å². The van der Waals surface area contributed by atoms with Gasteiger partial charge < -0.3 is 14.8 Å². The Kier molecular flexibility index (Phi) is 2.92. The molecule has 2 rings (SSSR count). The van der Waals surface area contributed by atoms with Gasteiger partial charge in [0.1, 0.15) is 5.58 Å². The first kappa shape index (κ1) is 10.7. The summed E-state index contributed by atoms with van der Waals surface area (Å²) in [5.41, 5.74) is 1.79. The number of hydrogen-bond acceptors (Lipinski definition) is 3. The maximum atomic E-state index is 11.1. The van der Waals surface area contributed by atoms with Gasteiger partial charge in [-0.25, -0.2) is 4.79 Å². The normalized spacial score (nSPS) is 10.8. The van der Waals surface area contributed by atoms with Gasteiger partial charge in [-0.15, -0.1) is 0 Å². The fraction of sp³-hybridized carbons (Fsp3) is 0.250. The SMILES string of the molecule is CCNCc1coc2cccc(C(=O)O)c12. The molecular weight excluding hydrogens is 206 g/mol. The van der Waals surface area contributed by atoms with E-state index in [0.717, 1.165) is 12.1 Å². The quantitative estimate of drug-likeness (QED) is 0.827. The highest BCUT2D eigenvalue weighted by molar-refractivity contribution is 6.03. The van der Waals surface area contributed by atoms with Crippen molar-refractivity contribution >= 4 is 16.9 Å². The van der Waals surface area contributed by atoms with Crippen molar-refractivity contribution in [2.45, 2.75) is 13.5 Å². The maximum Gasteiger partial charge on any atom is 0.336 e. The molecule has 1 aromatic heterocycles. The second-order valence-corrected chi connectivity index (χ2v) is 3.53. The van der Waals surface area contributed by atoms with E-state index >= 15 is 0 Å². The first-order chi connectivity index (χ1) is 7.74. The number of fused-ring (bicyclic) bond motifs is 1. The fourth-order valence-corrected chi connectivity index (χ4v) is 1.72. The van der Waals surface area contributed by atoms with Gasteiger partial charge in [0.15, 0.2) is 0 Å². The van der Waals surface area contributed by atoms with Crippen molar-refractivity contribution in [2.75, 3.05) is 6.54 Å². The summed E-state index contributed by atoms with van der Waals surface area (Å²) < 4.78 is 5.33. The number of rotatable bonds is 4. The summed E-state index contributed by atoms with van der Waals surface area (Å²) in [4.78, 5) is 11.1. The van der Waals surface area contributed by atoms with E-state index in [4.69, 9.17) is 9.52 Å². The Morgan fingerprint density at radius 1 is 1.50 bits per heavy atom. The minimum atomic E-state index is -0.926. The molecule has 0 atom stereocenters. The topological polar surface area (TPSA) is 62.5 Å². The van der Waals surface area contributed by atoms with Crippen LogP contribution in [0.3, 0.4) is 0 Å². The van der Waals surface area contributed by atoms with Crippen LogP contribution in [0.25, 0.3) is 11.0 Å². The third-order valence-electron chi connectivity index (χ3n) is 2.47. The Hall–Kier alpha value is -1.81. The van der Waals surface area contributed by atoms with Crippen LogP contribution in [0.15, 0.2) is 28.9 Å². The smallest absolute Gasteiger partial charge is 0.336 e. The predicted octanol–water partition coefficient (Wildman–Crippen LogP) is 2.24. The molecule has 4 heteroatoms. The molecule has 0 saturated carbocycles. The monoisotopic (exact) mass is 219 g/mol. The number of carbonyl (C=O) groups is 1. The van der Waals surface area contributed by atoms with E-state index in [0.29, 0.717) is 23.1 Å². The number of furan rings is 1. The van der Waals surface area contributed by atoms with Crippen LogP contribution in [0.2, 0.25) is 0 Å². The van der Waals surface area contributed by atoms with E-state index in [2.05, 4.69) is 5.32 Å². The summed E-state index contributed by atoms with van der Waals surface area (Å²) in [6.45, 7) is 3.45. The Balaban J connectivity index is 2.54. The molecule has 16 heavy (non-hydrogen) atoms. The van der Waals surface area contributed by atoms with Crippen LogP contribution in [0.5, 0.6) is 0 Å².